The Bertz CT molecular complexity index is 391. The van der Waals surface area contributed by atoms with Crippen LogP contribution < -0.4 is 5.32 Å². The molecule has 1 N–H and O–H groups in total. The molecule has 0 saturated heterocycles. The van der Waals surface area contributed by atoms with Crippen LogP contribution in [0.15, 0.2) is 11.4 Å². The van der Waals surface area contributed by atoms with E-state index in [1.807, 2.05) is 0 Å². The number of carbonyl (C=O) groups is 1. The fourth-order valence-electron chi connectivity index (χ4n) is 2.34. The second-order valence-electron chi connectivity index (χ2n) is 4.63. The number of carbonyl (C=O) groups excluding carboxylic acids is 1. The predicted molar refractivity (Wildman–Crippen MR) is 76.0 cm³/mol. The highest BCUT2D eigenvalue weighted by atomic mass is 79.9. The lowest BCUT2D eigenvalue weighted by atomic mass is 9.87. The summed E-state index contributed by atoms with van der Waals surface area (Å²) in [6.07, 6.45) is 4.26. The summed E-state index contributed by atoms with van der Waals surface area (Å²) in [5.41, 5.74) is 1.27. The second-order valence-corrected chi connectivity index (χ2v) is 6.42. The lowest BCUT2D eigenvalue weighted by Gasteiger charge is -2.23. The summed E-state index contributed by atoms with van der Waals surface area (Å²) >= 11 is 5.19. The van der Waals surface area contributed by atoms with E-state index in [2.05, 4.69) is 39.6 Å². The number of fused-ring (bicyclic) bond motifs is 1. The summed E-state index contributed by atoms with van der Waals surface area (Å²) in [6.45, 7) is 2.07. The number of aryl methyl sites for hydroxylation is 1. The summed E-state index contributed by atoms with van der Waals surface area (Å²) < 4.78 is 0. The molecule has 4 heteroatoms. The van der Waals surface area contributed by atoms with Crippen molar-refractivity contribution >= 4 is 33.2 Å². The molecule has 0 bridgehead atoms. The zero-order valence-corrected chi connectivity index (χ0v) is 12.4. The van der Waals surface area contributed by atoms with Crippen LogP contribution in [0.25, 0.3) is 0 Å². The van der Waals surface area contributed by atoms with Crippen molar-refractivity contribution in [3.8, 4) is 0 Å². The monoisotopic (exact) mass is 315 g/mol. The van der Waals surface area contributed by atoms with Crippen molar-refractivity contribution in [3.05, 3.63) is 21.9 Å². The minimum absolute atomic E-state index is 0.0859. The van der Waals surface area contributed by atoms with Crippen LogP contribution in [0, 0.1) is 0 Å². The Morgan fingerprint density at radius 2 is 2.53 bits per heavy atom. The summed E-state index contributed by atoms with van der Waals surface area (Å²) in [6, 6.07) is 2.38. The van der Waals surface area contributed by atoms with Crippen LogP contribution in [0.1, 0.15) is 42.5 Å². The Balaban J connectivity index is 2.02. The van der Waals surface area contributed by atoms with Crippen molar-refractivity contribution in [2.24, 2.45) is 0 Å². The number of alkyl halides is 1. The van der Waals surface area contributed by atoms with E-state index in [-0.39, 0.29) is 17.9 Å². The van der Waals surface area contributed by atoms with Gasteiger partial charge < -0.3 is 5.32 Å². The highest BCUT2D eigenvalue weighted by molar-refractivity contribution is 9.09. The Hall–Kier alpha value is -0.350. The molecule has 1 aliphatic rings. The molecular weight excluding hydrogens is 298 g/mol. The third kappa shape index (κ3) is 3.10. The summed E-state index contributed by atoms with van der Waals surface area (Å²) in [7, 11) is 0. The van der Waals surface area contributed by atoms with Gasteiger partial charge in [0.2, 0.25) is 5.91 Å². The number of hydrogen-bond donors (Lipinski definition) is 1. The standard InChI is InChI=1S/C13H18BrNOS/c1-9(5-7-14)15-13(16)11-3-2-4-12-10(11)6-8-17-12/h6,8-9,11H,2-5,7H2,1H3,(H,15,16). The minimum Gasteiger partial charge on any atom is -0.353 e. The van der Waals surface area contributed by atoms with Crippen molar-refractivity contribution in [3.63, 3.8) is 0 Å². The first-order valence-corrected chi connectivity index (χ1v) is 8.15. The van der Waals surface area contributed by atoms with Gasteiger partial charge in [0.05, 0.1) is 5.92 Å². The summed E-state index contributed by atoms with van der Waals surface area (Å²) in [5, 5.41) is 6.16. The summed E-state index contributed by atoms with van der Waals surface area (Å²) in [4.78, 5) is 13.6. The van der Waals surface area contributed by atoms with Gasteiger partial charge >= 0.3 is 0 Å². The maximum absolute atomic E-state index is 12.2. The van der Waals surface area contributed by atoms with Gasteiger partial charge in [-0.3, -0.25) is 4.79 Å². The molecule has 0 aliphatic heterocycles. The molecule has 1 aromatic heterocycles. The lowest BCUT2D eigenvalue weighted by Crippen LogP contribution is -2.37. The van der Waals surface area contributed by atoms with E-state index in [9.17, 15) is 4.79 Å². The molecule has 2 unspecified atom stereocenters. The topological polar surface area (TPSA) is 29.1 Å². The van der Waals surface area contributed by atoms with Crippen LogP contribution in [-0.2, 0) is 11.2 Å². The number of thiophene rings is 1. The van der Waals surface area contributed by atoms with Crippen LogP contribution in [0.5, 0.6) is 0 Å². The van der Waals surface area contributed by atoms with E-state index in [4.69, 9.17) is 0 Å². The molecule has 1 aromatic rings. The van der Waals surface area contributed by atoms with E-state index < -0.39 is 0 Å². The normalized spacial score (nSPS) is 20.7. The lowest BCUT2D eigenvalue weighted by molar-refractivity contribution is -0.123. The summed E-state index contributed by atoms with van der Waals surface area (Å²) in [5.74, 6) is 0.292. The largest absolute Gasteiger partial charge is 0.353 e. The van der Waals surface area contributed by atoms with Gasteiger partial charge in [0, 0.05) is 16.2 Å². The molecule has 94 valence electrons. The van der Waals surface area contributed by atoms with E-state index >= 15 is 0 Å². The predicted octanol–water partition coefficient (Wildman–Crippen LogP) is 3.46. The van der Waals surface area contributed by atoms with Crippen LogP contribution in [-0.4, -0.2) is 17.3 Å². The molecule has 2 atom stereocenters. The maximum Gasteiger partial charge on any atom is 0.227 e. The minimum atomic E-state index is 0.0859. The van der Waals surface area contributed by atoms with Crippen LogP contribution in [0.2, 0.25) is 0 Å². The van der Waals surface area contributed by atoms with Crippen molar-refractivity contribution in [1.29, 1.82) is 0 Å². The average Bonchev–Trinajstić information content (AvgIpc) is 2.76. The highest BCUT2D eigenvalue weighted by Gasteiger charge is 2.27. The quantitative estimate of drug-likeness (QED) is 0.847. The second kappa shape index (κ2) is 6.01. The first-order chi connectivity index (χ1) is 8.22. The van der Waals surface area contributed by atoms with Crippen LogP contribution in [0.4, 0.5) is 0 Å². The first-order valence-electron chi connectivity index (χ1n) is 6.15. The van der Waals surface area contributed by atoms with Gasteiger partial charge in [0.15, 0.2) is 0 Å². The molecular formula is C13H18BrNOS. The van der Waals surface area contributed by atoms with E-state index in [0.29, 0.717) is 0 Å². The maximum atomic E-state index is 12.2. The van der Waals surface area contributed by atoms with Crippen molar-refractivity contribution < 1.29 is 4.79 Å². The van der Waals surface area contributed by atoms with Gasteiger partial charge in [-0.15, -0.1) is 11.3 Å². The van der Waals surface area contributed by atoms with Crippen molar-refractivity contribution in [2.45, 2.75) is 44.6 Å². The smallest absolute Gasteiger partial charge is 0.227 e. The van der Waals surface area contributed by atoms with Crippen molar-refractivity contribution in [2.75, 3.05) is 5.33 Å². The molecule has 0 saturated carbocycles. The molecule has 0 aromatic carbocycles. The number of halogens is 1. The Morgan fingerprint density at radius 1 is 1.71 bits per heavy atom. The zero-order chi connectivity index (χ0) is 12.3. The van der Waals surface area contributed by atoms with Gasteiger partial charge in [-0.05, 0) is 49.6 Å². The van der Waals surface area contributed by atoms with Gasteiger partial charge in [-0.2, -0.15) is 0 Å². The highest BCUT2D eigenvalue weighted by Crippen LogP contribution is 2.35. The number of amides is 1. The molecule has 1 aliphatic carbocycles. The van der Waals surface area contributed by atoms with Gasteiger partial charge in [0.25, 0.3) is 0 Å². The molecule has 0 spiro atoms. The molecule has 0 fully saturated rings. The fraction of sp³-hybridized carbons (Fsp3) is 0.615. The van der Waals surface area contributed by atoms with Gasteiger partial charge in [0.1, 0.15) is 0 Å². The fourth-order valence-corrected chi connectivity index (χ4v) is 4.01. The molecule has 1 amide bonds. The van der Waals surface area contributed by atoms with Crippen molar-refractivity contribution in [1.82, 2.24) is 5.32 Å². The number of hydrogen-bond acceptors (Lipinski definition) is 2. The average molecular weight is 316 g/mol. The van der Waals surface area contributed by atoms with E-state index in [1.165, 1.54) is 10.4 Å². The van der Waals surface area contributed by atoms with Crippen LogP contribution >= 0.6 is 27.3 Å². The van der Waals surface area contributed by atoms with E-state index in [1.54, 1.807) is 11.3 Å². The molecule has 17 heavy (non-hydrogen) atoms. The van der Waals surface area contributed by atoms with Gasteiger partial charge in [-0.1, -0.05) is 15.9 Å². The Morgan fingerprint density at radius 3 is 3.29 bits per heavy atom. The molecule has 2 rings (SSSR count). The van der Waals surface area contributed by atoms with Gasteiger partial charge in [-0.25, -0.2) is 0 Å². The Labute approximate surface area is 115 Å². The number of rotatable bonds is 4. The SMILES string of the molecule is CC(CCBr)NC(=O)C1CCCc2sccc21. The molecule has 1 heterocycles. The Kier molecular flexibility index (Phi) is 4.62. The first kappa shape index (κ1) is 13.1. The van der Waals surface area contributed by atoms with Crippen LogP contribution in [0.3, 0.4) is 0 Å². The third-order valence-corrected chi connectivity index (χ3v) is 4.75. The van der Waals surface area contributed by atoms with E-state index in [0.717, 1.165) is 31.0 Å². The number of nitrogens with one attached hydrogen (secondary N) is 1. The molecule has 0 radical (unpaired) electrons. The third-order valence-electron chi connectivity index (χ3n) is 3.30. The zero-order valence-electron chi connectivity index (χ0n) is 10.0. The molecule has 2 nitrogen and oxygen atoms in total.